The molecule has 21 heavy (non-hydrogen) atoms. The number of nitrogens with two attached hydrogens (primary N) is 1. The Hall–Kier alpha value is -0.910. The van der Waals surface area contributed by atoms with Gasteiger partial charge in [0.25, 0.3) is 0 Å². The minimum Gasteiger partial charge on any atom is -0.326 e. The monoisotopic (exact) mass is 310 g/mol. The molecule has 2 rings (SSSR count). The summed E-state index contributed by atoms with van der Waals surface area (Å²) in [7, 11) is -3.31. The van der Waals surface area contributed by atoms with Gasteiger partial charge < -0.3 is 5.73 Å². The Morgan fingerprint density at radius 2 is 1.95 bits per heavy atom. The van der Waals surface area contributed by atoms with Crippen molar-refractivity contribution in [1.82, 2.24) is 4.72 Å². The molecule has 1 aromatic carbocycles. The fraction of sp³-hybridized carbons (Fsp3) is 0.625. The molecule has 4 nitrogen and oxygen atoms in total. The second kappa shape index (κ2) is 6.90. The smallest absolute Gasteiger partial charge is 0.216 e. The van der Waals surface area contributed by atoms with Crippen LogP contribution in [-0.2, 0) is 22.3 Å². The molecule has 1 aliphatic rings. The Morgan fingerprint density at radius 1 is 1.24 bits per heavy atom. The van der Waals surface area contributed by atoms with Gasteiger partial charge >= 0.3 is 0 Å². The molecule has 1 fully saturated rings. The Balaban J connectivity index is 2.04. The van der Waals surface area contributed by atoms with Gasteiger partial charge in [0.15, 0.2) is 0 Å². The Morgan fingerprint density at radius 3 is 2.67 bits per heavy atom. The summed E-state index contributed by atoms with van der Waals surface area (Å²) in [5.41, 5.74) is 7.35. The van der Waals surface area contributed by atoms with E-state index in [1.165, 1.54) is 6.42 Å². The van der Waals surface area contributed by atoms with E-state index in [1.54, 1.807) is 0 Å². The number of benzene rings is 1. The van der Waals surface area contributed by atoms with Crippen molar-refractivity contribution in [3.05, 3.63) is 35.4 Å². The molecule has 0 heterocycles. The van der Waals surface area contributed by atoms with Crippen LogP contribution in [0, 0.1) is 11.8 Å². The van der Waals surface area contributed by atoms with E-state index in [0.717, 1.165) is 24.0 Å². The molecule has 1 aliphatic carbocycles. The van der Waals surface area contributed by atoms with Gasteiger partial charge in [-0.2, -0.15) is 0 Å². The summed E-state index contributed by atoms with van der Waals surface area (Å²) < 4.78 is 27.7. The summed E-state index contributed by atoms with van der Waals surface area (Å²) in [5, 5.41) is 0. The maximum Gasteiger partial charge on any atom is 0.216 e. The van der Waals surface area contributed by atoms with Crippen LogP contribution in [0.15, 0.2) is 24.3 Å². The first-order chi connectivity index (χ1) is 9.91. The molecule has 5 heteroatoms. The van der Waals surface area contributed by atoms with Gasteiger partial charge in [0, 0.05) is 12.6 Å². The first-order valence-electron chi connectivity index (χ1n) is 7.69. The van der Waals surface area contributed by atoms with E-state index in [1.807, 2.05) is 24.3 Å². The van der Waals surface area contributed by atoms with Gasteiger partial charge in [-0.1, -0.05) is 51.0 Å². The molecule has 3 unspecified atom stereocenters. The quantitative estimate of drug-likeness (QED) is 0.877. The van der Waals surface area contributed by atoms with Crippen molar-refractivity contribution in [3.8, 4) is 0 Å². The highest BCUT2D eigenvalue weighted by Gasteiger charge is 2.30. The van der Waals surface area contributed by atoms with E-state index in [-0.39, 0.29) is 11.8 Å². The van der Waals surface area contributed by atoms with Crippen LogP contribution in [0.1, 0.15) is 44.2 Å². The lowest BCUT2D eigenvalue weighted by Crippen LogP contribution is -2.44. The van der Waals surface area contributed by atoms with Crippen LogP contribution < -0.4 is 10.5 Å². The molecular weight excluding hydrogens is 284 g/mol. The largest absolute Gasteiger partial charge is 0.326 e. The molecule has 0 bridgehead atoms. The molecular formula is C16H26N2O2S. The first-order valence-corrected chi connectivity index (χ1v) is 9.34. The van der Waals surface area contributed by atoms with Gasteiger partial charge in [-0.15, -0.1) is 0 Å². The van der Waals surface area contributed by atoms with Crippen LogP contribution in [0.4, 0.5) is 0 Å². The SMILES string of the molecule is CC1CCCC(NS(=O)(=O)Cc2cccc(CN)c2)C1C. The highest BCUT2D eigenvalue weighted by Crippen LogP contribution is 2.30. The molecule has 3 N–H and O–H groups in total. The third-order valence-corrected chi connectivity index (χ3v) is 6.00. The summed E-state index contributed by atoms with van der Waals surface area (Å²) >= 11 is 0. The summed E-state index contributed by atoms with van der Waals surface area (Å²) in [5.74, 6) is 0.995. The average molecular weight is 310 g/mol. The average Bonchev–Trinajstić information content (AvgIpc) is 2.43. The fourth-order valence-electron chi connectivity index (χ4n) is 3.09. The van der Waals surface area contributed by atoms with E-state index < -0.39 is 10.0 Å². The maximum absolute atomic E-state index is 12.4. The molecule has 3 atom stereocenters. The normalized spacial score (nSPS) is 26.7. The highest BCUT2D eigenvalue weighted by molar-refractivity contribution is 7.88. The Labute approximate surface area is 128 Å². The van der Waals surface area contributed by atoms with E-state index in [9.17, 15) is 8.42 Å². The van der Waals surface area contributed by atoms with E-state index in [0.29, 0.717) is 18.4 Å². The molecule has 0 aromatic heterocycles. The Bertz CT molecular complexity index is 571. The van der Waals surface area contributed by atoms with Crippen molar-refractivity contribution in [2.24, 2.45) is 17.6 Å². The summed E-state index contributed by atoms with van der Waals surface area (Å²) in [4.78, 5) is 0. The number of sulfonamides is 1. The van der Waals surface area contributed by atoms with Crippen molar-refractivity contribution in [2.75, 3.05) is 0 Å². The molecule has 118 valence electrons. The highest BCUT2D eigenvalue weighted by atomic mass is 32.2. The van der Waals surface area contributed by atoms with Crippen LogP contribution in [-0.4, -0.2) is 14.5 Å². The van der Waals surface area contributed by atoms with Crippen LogP contribution in [0.5, 0.6) is 0 Å². The van der Waals surface area contributed by atoms with Gasteiger partial charge in [0.05, 0.1) is 5.75 Å². The zero-order chi connectivity index (χ0) is 15.5. The molecule has 1 aromatic rings. The minimum atomic E-state index is -3.31. The molecule has 1 saturated carbocycles. The zero-order valence-corrected chi connectivity index (χ0v) is 13.7. The Kier molecular flexibility index (Phi) is 5.41. The van der Waals surface area contributed by atoms with Gasteiger partial charge in [-0.05, 0) is 29.4 Å². The second-order valence-corrected chi connectivity index (χ2v) is 8.03. The summed E-state index contributed by atoms with van der Waals surface area (Å²) in [6, 6.07) is 7.54. The van der Waals surface area contributed by atoms with Gasteiger partial charge in [0.2, 0.25) is 10.0 Å². The van der Waals surface area contributed by atoms with Gasteiger partial charge in [-0.25, -0.2) is 13.1 Å². The topological polar surface area (TPSA) is 72.2 Å². The van der Waals surface area contributed by atoms with Gasteiger partial charge in [0.1, 0.15) is 0 Å². The summed E-state index contributed by atoms with van der Waals surface area (Å²) in [6.45, 7) is 4.78. The van der Waals surface area contributed by atoms with Crippen LogP contribution in [0.25, 0.3) is 0 Å². The zero-order valence-electron chi connectivity index (χ0n) is 12.9. The lowest BCUT2D eigenvalue weighted by molar-refractivity contribution is 0.227. The third-order valence-electron chi connectivity index (χ3n) is 4.62. The molecule has 0 aliphatic heterocycles. The number of rotatable bonds is 5. The van der Waals surface area contributed by atoms with E-state index in [2.05, 4.69) is 18.6 Å². The lowest BCUT2D eigenvalue weighted by atomic mass is 9.78. The molecule has 0 spiro atoms. The van der Waals surface area contributed by atoms with E-state index in [4.69, 9.17) is 5.73 Å². The van der Waals surface area contributed by atoms with Crippen LogP contribution >= 0.6 is 0 Å². The number of hydrogen-bond acceptors (Lipinski definition) is 3. The predicted octanol–water partition coefficient (Wildman–Crippen LogP) is 2.39. The van der Waals surface area contributed by atoms with Crippen LogP contribution in [0.3, 0.4) is 0 Å². The number of nitrogens with one attached hydrogen (secondary N) is 1. The molecule has 0 saturated heterocycles. The van der Waals surface area contributed by atoms with Crippen molar-refractivity contribution < 1.29 is 8.42 Å². The summed E-state index contributed by atoms with van der Waals surface area (Å²) in [6.07, 6.45) is 3.23. The van der Waals surface area contributed by atoms with Crippen molar-refractivity contribution in [3.63, 3.8) is 0 Å². The molecule has 0 radical (unpaired) electrons. The third kappa shape index (κ3) is 4.53. The number of hydrogen-bond donors (Lipinski definition) is 2. The predicted molar refractivity (Wildman–Crippen MR) is 86.1 cm³/mol. The standard InChI is InChI=1S/C16H26N2O2S/c1-12-5-3-8-16(13(12)2)18-21(19,20)11-15-7-4-6-14(9-15)10-17/h4,6-7,9,12-13,16,18H,3,5,8,10-11,17H2,1-2H3. The van der Waals surface area contributed by atoms with Crippen molar-refractivity contribution in [2.45, 2.75) is 51.4 Å². The maximum atomic E-state index is 12.4. The van der Waals surface area contributed by atoms with Crippen LogP contribution in [0.2, 0.25) is 0 Å². The van der Waals surface area contributed by atoms with Crippen molar-refractivity contribution in [1.29, 1.82) is 0 Å². The molecule has 0 amide bonds. The lowest BCUT2D eigenvalue weighted by Gasteiger charge is -2.34. The van der Waals surface area contributed by atoms with E-state index >= 15 is 0 Å². The second-order valence-electron chi connectivity index (χ2n) is 6.27. The van der Waals surface area contributed by atoms with Crippen molar-refractivity contribution >= 4 is 10.0 Å². The minimum absolute atomic E-state index is 0.0262. The van der Waals surface area contributed by atoms with Gasteiger partial charge in [-0.3, -0.25) is 0 Å². The first kappa shape index (κ1) is 16.5. The fourth-order valence-corrected chi connectivity index (χ4v) is 4.58.